The third-order valence-electron chi connectivity index (χ3n) is 3.79. The second-order valence-corrected chi connectivity index (χ2v) is 8.84. The zero-order valence-electron chi connectivity index (χ0n) is 16.1. The molecule has 2 heterocycles. The van der Waals surface area contributed by atoms with Gasteiger partial charge in [-0.2, -0.15) is 0 Å². The monoisotopic (exact) mass is 415 g/mol. The number of aromatic nitrogens is 2. The third kappa shape index (κ3) is 4.88. The number of carbonyl (C=O) groups excluding carboxylic acids is 2. The molecule has 8 heteroatoms. The molecule has 1 N–H and O–H groups in total. The number of hydrogen-bond donors (Lipinski definition) is 1. The first-order valence-corrected chi connectivity index (χ1v) is 10.5. The highest BCUT2D eigenvalue weighted by atomic mass is 32.2. The van der Waals surface area contributed by atoms with E-state index in [1.165, 1.54) is 11.8 Å². The molecule has 0 aliphatic heterocycles. The number of thioether (sulfide) groups is 1. The fourth-order valence-corrected chi connectivity index (χ4v) is 4.14. The van der Waals surface area contributed by atoms with Crippen LogP contribution in [0.5, 0.6) is 0 Å². The van der Waals surface area contributed by atoms with Crippen LogP contribution in [0.2, 0.25) is 0 Å². The summed E-state index contributed by atoms with van der Waals surface area (Å²) in [6.07, 6.45) is -0.210. The number of hydrogen-bond acceptors (Lipinski definition) is 7. The molecule has 0 spiro atoms. The van der Waals surface area contributed by atoms with Crippen molar-refractivity contribution in [2.24, 2.45) is 0 Å². The van der Waals surface area contributed by atoms with Crippen LogP contribution in [0.1, 0.15) is 36.1 Å². The number of anilines is 1. The Morgan fingerprint density at radius 1 is 1.11 bits per heavy atom. The minimum absolute atomic E-state index is 0.197. The summed E-state index contributed by atoms with van der Waals surface area (Å²) in [5.74, 6) is -0.620. The van der Waals surface area contributed by atoms with Gasteiger partial charge in [0, 0.05) is 5.39 Å². The number of nitrogens with zero attached hydrogens (tertiary/aromatic N) is 2. The minimum atomic E-state index is -0.423. The van der Waals surface area contributed by atoms with Crippen LogP contribution in [0.15, 0.2) is 41.4 Å². The Bertz CT molecular complexity index is 1020. The number of thiazole rings is 1. The number of pyridine rings is 1. The Labute approximate surface area is 171 Å². The average molecular weight is 416 g/mol. The van der Waals surface area contributed by atoms with Gasteiger partial charge in [-0.05, 0) is 39.8 Å². The van der Waals surface area contributed by atoms with E-state index in [2.05, 4.69) is 15.3 Å². The average Bonchev–Trinajstić information content (AvgIpc) is 3.01. The molecule has 3 aromatic rings. The van der Waals surface area contributed by atoms with Crippen molar-refractivity contribution in [2.45, 2.75) is 44.1 Å². The van der Waals surface area contributed by atoms with Crippen molar-refractivity contribution >= 4 is 51.0 Å². The Morgan fingerprint density at radius 3 is 2.61 bits per heavy atom. The van der Waals surface area contributed by atoms with E-state index < -0.39 is 5.97 Å². The molecule has 0 saturated carbocycles. The van der Waals surface area contributed by atoms with E-state index in [-0.39, 0.29) is 17.3 Å². The van der Waals surface area contributed by atoms with Crippen molar-refractivity contribution in [3.05, 3.63) is 47.0 Å². The molecule has 0 bridgehead atoms. The molecule has 3 rings (SSSR count). The quantitative estimate of drug-likeness (QED) is 0.465. The molecule has 0 fully saturated rings. The largest absolute Gasteiger partial charge is 0.459 e. The SMILES string of the molecule is Cc1nc(NC(=O)C(C)Sc2ccc3ccccc3n2)sc1C(=O)OC(C)C. The molecule has 146 valence electrons. The summed E-state index contributed by atoms with van der Waals surface area (Å²) in [5.41, 5.74) is 1.44. The first kappa shape index (κ1) is 20.3. The van der Waals surface area contributed by atoms with Crippen molar-refractivity contribution < 1.29 is 14.3 Å². The second-order valence-electron chi connectivity index (χ2n) is 6.48. The van der Waals surface area contributed by atoms with Gasteiger partial charge in [0.25, 0.3) is 0 Å². The number of nitrogens with one attached hydrogen (secondary N) is 1. The molecule has 0 aliphatic rings. The summed E-state index contributed by atoms with van der Waals surface area (Å²) in [6, 6.07) is 11.7. The summed E-state index contributed by atoms with van der Waals surface area (Å²) in [5, 5.41) is 4.63. The molecule has 0 radical (unpaired) electrons. The third-order valence-corrected chi connectivity index (χ3v) is 5.88. The lowest BCUT2D eigenvalue weighted by Gasteiger charge is -2.10. The predicted octanol–water partition coefficient (Wildman–Crippen LogP) is 4.68. The zero-order valence-corrected chi connectivity index (χ0v) is 17.7. The Hall–Kier alpha value is -2.45. The van der Waals surface area contributed by atoms with Crippen molar-refractivity contribution in [3.8, 4) is 0 Å². The van der Waals surface area contributed by atoms with Gasteiger partial charge in [0.2, 0.25) is 5.91 Å². The van der Waals surface area contributed by atoms with E-state index in [9.17, 15) is 9.59 Å². The van der Waals surface area contributed by atoms with E-state index in [1.807, 2.05) is 43.3 Å². The van der Waals surface area contributed by atoms with Gasteiger partial charge in [0.05, 0.1) is 27.6 Å². The van der Waals surface area contributed by atoms with Crippen molar-refractivity contribution in [3.63, 3.8) is 0 Å². The zero-order chi connectivity index (χ0) is 20.3. The summed E-state index contributed by atoms with van der Waals surface area (Å²) in [4.78, 5) is 33.9. The number of amides is 1. The molecule has 1 unspecified atom stereocenters. The van der Waals surface area contributed by atoms with E-state index in [0.717, 1.165) is 27.3 Å². The van der Waals surface area contributed by atoms with Gasteiger partial charge in [0.1, 0.15) is 4.88 Å². The Balaban J connectivity index is 1.66. The van der Waals surface area contributed by atoms with Gasteiger partial charge in [-0.15, -0.1) is 0 Å². The molecule has 2 aromatic heterocycles. The lowest BCUT2D eigenvalue weighted by Crippen LogP contribution is -2.22. The molecule has 1 aromatic carbocycles. The number of aryl methyl sites for hydroxylation is 1. The lowest BCUT2D eigenvalue weighted by atomic mass is 10.2. The smallest absolute Gasteiger partial charge is 0.350 e. The van der Waals surface area contributed by atoms with Gasteiger partial charge >= 0.3 is 5.97 Å². The van der Waals surface area contributed by atoms with E-state index >= 15 is 0 Å². The van der Waals surface area contributed by atoms with E-state index in [4.69, 9.17) is 4.74 Å². The van der Waals surface area contributed by atoms with Gasteiger partial charge in [-0.3, -0.25) is 4.79 Å². The fraction of sp³-hybridized carbons (Fsp3) is 0.300. The van der Waals surface area contributed by atoms with Gasteiger partial charge < -0.3 is 10.1 Å². The van der Waals surface area contributed by atoms with Crippen LogP contribution in [0, 0.1) is 6.92 Å². The molecular formula is C20H21N3O3S2. The van der Waals surface area contributed by atoms with Crippen LogP contribution >= 0.6 is 23.1 Å². The molecule has 0 aliphatic carbocycles. The van der Waals surface area contributed by atoms with Crippen LogP contribution in [-0.4, -0.2) is 33.2 Å². The number of benzene rings is 1. The highest BCUT2D eigenvalue weighted by molar-refractivity contribution is 8.00. The summed E-state index contributed by atoms with van der Waals surface area (Å²) in [7, 11) is 0. The Morgan fingerprint density at radius 2 is 1.86 bits per heavy atom. The molecule has 1 atom stereocenters. The normalized spacial score (nSPS) is 12.2. The highest BCUT2D eigenvalue weighted by Gasteiger charge is 2.21. The summed E-state index contributed by atoms with van der Waals surface area (Å²) >= 11 is 2.49. The number of carbonyl (C=O) groups is 2. The Kier molecular flexibility index (Phi) is 6.31. The number of ether oxygens (including phenoxy) is 1. The molecular weight excluding hydrogens is 394 g/mol. The first-order chi connectivity index (χ1) is 13.3. The van der Waals surface area contributed by atoms with Gasteiger partial charge in [-0.1, -0.05) is 47.4 Å². The van der Waals surface area contributed by atoms with Crippen LogP contribution < -0.4 is 5.32 Å². The number of para-hydroxylation sites is 1. The fourth-order valence-electron chi connectivity index (χ4n) is 2.46. The maximum Gasteiger partial charge on any atom is 0.350 e. The number of esters is 1. The van der Waals surface area contributed by atoms with Crippen LogP contribution in [0.25, 0.3) is 10.9 Å². The van der Waals surface area contributed by atoms with Crippen molar-refractivity contribution in [1.82, 2.24) is 9.97 Å². The molecule has 28 heavy (non-hydrogen) atoms. The number of fused-ring (bicyclic) bond motifs is 1. The molecule has 6 nitrogen and oxygen atoms in total. The predicted molar refractivity (Wildman–Crippen MR) is 113 cm³/mol. The van der Waals surface area contributed by atoms with Crippen LogP contribution in [-0.2, 0) is 9.53 Å². The van der Waals surface area contributed by atoms with Gasteiger partial charge in [0.15, 0.2) is 5.13 Å². The summed E-state index contributed by atoms with van der Waals surface area (Å²) in [6.45, 7) is 7.11. The van der Waals surface area contributed by atoms with Crippen LogP contribution in [0.4, 0.5) is 5.13 Å². The summed E-state index contributed by atoms with van der Waals surface area (Å²) < 4.78 is 5.20. The molecule has 0 saturated heterocycles. The van der Waals surface area contributed by atoms with E-state index in [0.29, 0.717) is 15.7 Å². The second kappa shape index (κ2) is 8.70. The minimum Gasteiger partial charge on any atom is -0.459 e. The maximum atomic E-state index is 12.5. The van der Waals surface area contributed by atoms with E-state index in [1.54, 1.807) is 20.8 Å². The van der Waals surface area contributed by atoms with Crippen molar-refractivity contribution in [2.75, 3.05) is 5.32 Å². The highest BCUT2D eigenvalue weighted by Crippen LogP contribution is 2.27. The molecule has 1 amide bonds. The van der Waals surface area contributed by atoms with Crippen molar-refractivity contribution in [1.29, 1.82) is 0 Å². The topological polar surface area (TPSA) is 81.2 Å². The maximum absolute atomic E-state index is 12.5. The standard InChI is InChI=1S/C20H21N3O3S2/c1-11(2)26-19(25)17-12(3)21-20(28-17)23-18(24)13(4)27-16-10-9-14-7-5-6-8-15(14)22-16/h5-11,13H,1-4H3,(H,21,23,24). The van der Waals surface area contributed by atoms with Gasteiger partial charge in [-0.25, -0.2) is 14.8 Å². The number of rotatable bonds is 6. The van der Waals surface area contributed by atoms with Crippen LogP contribution in [0.3, 0.4) is 0 Å². The lowest BCUT2D eigenvalue weighted by molar-refractivity contribution is -0.115. The first-order valence-electron chi connectivity index (χ1n) is 8.85.